The van der Waals surface area contributed by atoms with E-state index in [-0.39, 0.29) is 11.6 Å². The highest BCUT2D eigenvalue weighted by Crippen LogP contribution is 2.19. The van der Waals surface area contributed by atoms with Crippen molar-refractivity contribution in [3.8, 4) is 5.75 Å². The Balaban J connectivity index is 2.09. The van der Waals surface area contributed by atoms with Gasteiger partial charge in [0.15, 0.2) is 0 Å². The van der Waals surface area contributed by atoms with Crippen LogP contribution in [0.2, 0.25) is 0 Å². The zero-order chi connectivity index (χ0) is 14.5. The Kier molecular flexibility index (Phi) is 4.51. The quantitative estimate of drug-likeness (QED) is 0.832. The fourth-order valence-electron chi connectivity index (χ4n) is 2.19. The van der Waals surface area contributed by atoms with Crippen molar-refractivity contribution in [2.45, 2.75) is 19.8 Å². The minimum absolute atomic E-state index is 0.0872. The third-order valence-corrected chi connectivity index (χ3v) is 3.27. The third kappa shape index (κ3) is 3.44. The van der Waals surface area contributed by atoms with Crippen molar-refractivity contribution in [2.75, 3.05) is 7.11 Å². The van der Waals surface area contributed by atoms with Crippen LogP contribution in [-0.2, 0) is 17.6 Å². The van der Waals surface area contributed by atoms with Crippen LogP contribution >= 0.6 is 0 Å². The van der Waals surface area contributed by atoms with Gasteiger partial charge in [-0.15, -0.1) is 0 Å². The van der Waals surface area contributed by atoms with Gasteiger partial charge in [0.05, 0.1) is 7.11 Å². The van der Waals surface area contributed by atoms with Gasteiger partial charge in [-0.2, -0.15) is 0 Å². The molecule has 0 spiro atoms. The van der Waals surface area contributed by atoms with E-state index in [1.54, 1.807) is 13.2 Å². The molecule has 2 aromatic rings. The molecule has 2 aromatic carbocycles. The molecule has 3 heteroatoms. The molecule has 0 heterocycles. The standard InChI is InChI=1S/C17H17FO2/c1-12-9-15(18)8-7-13(12)10-16(19)11-14-5-3-4-6-17(14)20-2/h3-9H,10-11H2,1-2H3. The molecule has 0 radical (unpaired) electrons. The molecule has 0 aliphatic rings. The molecule has 2 rings (SSSR count). The number of halogens is 1. The molecule has 0 atom stereocenters. The van der Waals surface area contributed by atoms with Crippen molar-refractivity contribution >= 4 is 5.78 Å². The molecule has 0 N–H and O–H groups in total. The maximum absolute atomic E-state index is 13.0. The van der Waals surface area contributed by atoms with Gasteiger partial charge in [0.25, 0.3) is 0 Å². The summed E-state index contributed by atoms with van der Waals surface area (Å²) in [6.45, 7) is 1.81. The number of Topliss-reactive ketones (excluding diaryl/α,β-unsaturated/α-hetero) is 1. The summed E-state index contributed by atoms with van der Waals surface area (Å²) < 4.78 is 18.3. The van der Waals surface area contributed by atoms with Gasteiger partial charge in [0, 0.05) is 18.4 Å². The van der Waals surface area contributed by atoms with E-state index in [2.05, 4.69) is 0 Å². The molecule has 0 fully saturated rings. The summed E-state index contributed by atoms with van der Waals surface area (Å²) in [4.78, 5) is 12.1. The number of para-hydroxylation sites is 1. The van der Waals surface area contributed by atoms with E-state index in [0.717, 1.165) is 22.4 Å². The van der Waals surface area contributed by atoms with Crippen molar-refractivity contribution in [1.29, 1.82) is 0 Å². The van der Waals surface area contributed by atoms with Gasteiger partial charge < -0.3 is 4.74 Å². The number of rotatable bonds is 5. The highest BCUT2D eigenvalue weighted by atomic mass is 19.1. The van der Waals surface area contributed by atoms with E-state index in [4.69, 9.17) is 4.74 Å². The Morgan fingerprint density at radius 2 is 1.80 bits per heavy atom. The molecule has 0 aromatic heterocycles. The second kappa shape index (κ2) is 6.33. The first kappa shape index (κ1) is 14.3. The van der Waals surface area contributed by atoms with Crippen molar-refractivity contribution < 1.29 is 13.9 Å². The van der Waals surface area contributed by atoms with Crippen molar-refractivity contribution in [3.63, 3.8) is 0 Å². The first-order valence-corrected chi connectivity index (χ1v) is 6.49. The average Bonchev–Trinajstić information content (AvgIpc) is 2.42. The number of carbonyl (C=O) groups excluding carboxylic acids is 1. The molecular weight excluding hydrogens is 255 g/mol. The topological polar surface area (TPSA) is 26.3 Å². The van der Waals surface area contributed by atoms with Crippen LogP contribution in [-0.4, -0.2) is 12.9 Å². The smallest absolute Gasteiger partial charge is 0.141 e. The maximum atomic E-state index is 13.0. The Labute approximate surface area is 118 Å². The molecule has 104 valence electrons. The highest BCUT2D eigenvalue weighted by molar-refractivity contribution is 5.84. The van der Waals surface area contributed by atoms with Crippen molar-refractivity contribution in [3.05, 3.63) is 65.0 Å². The van der Waals surface area contributed by atoms with E-state index in [1.807, 2.05) is 31.2 Å². The number of hydrogen-bond acceptors (Lipinski definition) is 2. The van der Waals surface area contributed by atoms with Crippen LogP contribution in [0.4, 0.5) is 4.39 Å². The zero-order valence-electron chi connectivity index (χ0n) is 11.7. The fraction of sp³-hybridized carbons (Fsp3) is 0.235. The first-order chi connectivity index (χ1) is 9.60. The Bertz CT molecular complexity index is 620. The first-order valence-electron chi connectivity index (χ1n) is 6.49. The van der Waals surface area contributed by atoms with Crippen LogP contribution in [0.1, 0.15) is 16.7 Å². The lowest BCUT2D eigenvalue weighted by atomic mass is 9.99. The number of methoxy groups -OCH3 is 1. The van der Waals surface area contributed by atoms with Gasteiger partial charge in [-0.3, -0.25) is 4.79 Å². The Hall–Kier alpha value is -2.16. The minimum atomic E-state index is -0.275. The monoisotopic (exact) mass is 272 g/mol. The van der Waals surface area contributed by atoms with Gasteiger partial charge in [0.1, 0.15) is 17.3 Å². The number of ketones is 1. The van der Waals surface area contributed by atoms with Crippen LogP contribution in [0, 0.1) is 12.7 Å². The summed E-state index contributed by atoms with van der Waals surface area (Å²) in [5, 5.41) is 0. The molecule has 0 unspecified atom stereocenters. The molecular formula is C17H17FO2. The Morgan fingerprint density at radius 1 is 1.10 bits per heavy atom. The maximum Gasteiger partial charge on any atom is 0.141 e. The molecule has 0 amide bonds. The zero-order valence-corrected chi connectivity index (χ0v) is 11.7. The molecule has 0 aliphatic carbocycles. The molecule has 0 saturated heterocycles. The van der Waals surface area contributed by atoms with Gasteiger partial charge in [0.2, 0.25) is 0 Å². The Morgan fingerprint density at radius 3 is 2.50 bits per heavy atom. The number of ether oxygens (including phenoxy) is 1. The summed E-state index contributed by atoms with van der Waals surface area (Å²) in [5.74, 6) is 0.532. The molecule has 2 nitrogen and oxygen atoms in total. The second-order valence-corrected chi connectivity index (χ2v) is 4.77. The largest absolute Gasteiger partial charge is 0.496 e. The molecule has 0 aliphatic heterocycles. The van der Waals surface area contributed by atoms with Gasteiger partial charge >= 0.3 is 0 Å². The summed E-state index contributed by atoms with van der Waals surface area (Å²) >= 11 is 0. The van der Waals surface area contributed by atoms with E-state index in [9.17, 15) is 9.18 Å². The van der Waals surface area contributed by atoms with E-state index >= 15 is 0 Å². The summed E-state index contributed by atoms with van der Waals surface area (Å²) in [5.41, 5.74) is 2.55. The van der Waals surface area contributed by atoms with Crippen LogP contribution in [0.3, 0.4) is 0 Å². The molecule has 0 bridgehead atoms. The van der Waals surface area contributed by atoms with E-state index < -0.39 is 0 Å². The fourth-order valence-corrected chi connectivity index (χ4v) is 2.19. The predicted molar refractivity (Wildman–Crippen MR) is 76.5 cm³/mol. The normalized spacial score (nSPS) is 10.3. The minimum Gasteiger partial charge on any atom is -0.496 e. The molecule has 0 saturated carbocycles. The van der Waals surface area contributed by atoms with Crippen LogP contribution < -0.4 is 4.74 Å². The van der Waals surface area contributed by atoms with Crippen molar-refractivity contribution in [2.24, 2.45) is 0 Å². The number of carbonyl (C=O) groups is 1. The molecule has 20 heavy (non-hydrogen) atoms. The summed E-state index contributed by atoms with van der Waals surface area (Å²) in [6, 6.07) is 12.0. The van der Waals surface area contributed by atoms with Gasteiger partial charge in [-0.25, -0.2) is 4.39 Å². The van der Waals surface area contributed by atoms with Crippen molar-refractivity contribution in [1.82, 2.24) is 0 Å². The number of hydrogen-bond donors (Lipinski definition) is 0. The second-order valence-electron chi connectivity index (χ2n) is 4.77. The summed E-state index contributed by atoms with van der Waals surface area (Å²) in [7, 11) is 1.59. The van der Waals surface area contributed by atoms with Crippen LogP contribution in [0.25, 0.3) is 0 Å². The number of benzene rings is 2. The summed E-state index contributed by atoms with van der Waals surface area (Å²) in [6.07, 6.45) is 0.630. The average molecular weight is 272 g/mol. The lowest BCUT2D eigenvalue weighted by Gasteiger charge is -2.08. The van der Waals surface area contributed by atoms with Crippen LogP contribution in [0.15, 0.2) is 42.5 Å². The highest BCUT2D eigenvalue weighted by Gasteiger charge is 2.10. The lowest BCUT2D eigenvalue weighted by Crippen LogP contribution is -2.08. The SMILES string of the molecule is COc1ccccc1CC(=O)Cc1ccc(F)cc1C. The van der Waals surface area contributed by atoms with Gasteiger partial charge in [-0.05, 0) is 36.2 Å². The third-order valence-electron chi connectivity index (χ3n) is 3.27. The predicted octanol–water partition coefficient (Wildman–Crippen LogP) is 3.50. The van der Waals surface area contributed by atoms with E-state index in [0.29, 0.717) is 12.8 Å². The van der Waals surface area contributed by atoms with Crippen LogP contribution in [0.5, 0.6) is 5.75 Å². The van der Waals surface area contributed by atoms with Gasteiger partial charge in [-0.1, -0.05) is 24.3 Å². The number of aryl methyl sites for hydroxylation is 1. The lowest BCUT2D eigenvalue weighted by molar-refractivity contribution is -0.117. The van der Waals surface area contributed by atoms with E-state index in [1.165, 1.54) is 12.1 Å².